The SMILES string of the molecule is C.C.C.C.C.C.F.F.F.F.F.F.F.F.N=C=O.N=C=O. The highest BCUT2D eigenvalue weighted by Gasteiger charge is 1.04. The lowest BCUT2D eigenvalue weighted by Gasteiger charge is -1.02. The Labute approximate surface area is 116 Å². The second-order valence-corrected chi connectivity index (χ2v) is 0.204. The standard InChI is InChI=1S/2CHNO.6CH4.8FH/c2*2-1-3;;;;;;;;;;;;;;/h2*2H;6*1H4;8*1H. The van der Waals surface area contributed by atoms with Crippen molar-refractivity contribution in [1.29, 1.82) is 10.8 Å². The summed E-state index contributed by atoms with van der Waals surface area (Å²) in [6.07, 6.45) is 1.50. The van der Waals surface area contributed by atoms with Crippen LogP contribution in [0.5, 0.6) is 0 Å². The van der Waals surface area contributed by atoms with Crippen molar-refractivity contribution in [3.05, 3.63) is 0 Å². The molecule has 0 rings (SSSR count). The molecule has 144 valence electrons. The van der Waals surface area contributed by atoms with Gasteiger partial charge in [0.1, 0.15) is 0 Å². The van der Waals surface area contributed by atoms with Crippen LogP contribution < -0.4 is 0 Å². The molecule has 0 saturated carbocycles. The van der Waals surface area contributed by atoms with Gasteiger partial charge in [-0.05, 0) is 0 Å². The van der Waals surface area contributed by atoms with Crippen LogP contribution in [0.15, 0.2) is 0 Å². The molecule has 12 heteroatoms. The van der Waals surface area contributed by atoms with E-state index in [1.54, 1.807) is 0 Å². The third-order valence-corrected chi connectivity index (χ3v) is 0. The predicted molar refractivity (Wildman–Crippen MR) is 77.2 cm³/mol. The Morgan fingerprint density at radius 2 is 0.400 bits per heavy atom. The molecule has 0 aliphatic rings. The summed E-state index contributed by atoms with van der Waals surface area (Å²) in [6.45, 7) is 0. The van der Waals surface area contributed by atoms with Gasteiger partial charge in [0.05, 0.1) is 0 Å². The van der Waals surface area contributed by atoms with E-state index in [-0.39, 0.29) is 82.2 Å². The molecule has 0 unspecified atom stereocenters. The molecule has 0 spiro atoms. The summed E-state index contributed by atoms with van der Waals surface area (Å²) >= 11 is 0. The summed E-state index contributed by atoms with van der Waals surface area (Å²) in [4.78, 5) is 16.7. The summed E-state index contributed by atoms with van der Waals surface area (Å²) in [5.74, 6) is 0. The predicted octanol–water partition coefficient (Wildman–Crippen LogP) is 4.84. The average molecular weight is 342 g/mol. The Bertz CT molecular complexity index is 88.5. The zero-order valence-electron chi connectivity index (χ0n) is 6.08. The van der Waals surface area contributed by atoms with Crippen molar-refractivity contribution >= 4 is 12.2 Å². The van der Waals surface area contributed by atoms with Crippen LogP contribution in [0.2, 0.25) is 0 Å². The first-order valence-corrected chi connectivity index (χ1v) is 0.908. The molecule has 0 atom stereocenters. The van der Waals surface area contributed by atoms with E-state index in [4.69, 9.17) is 20.4 Å². The van der Waals surface area contributed by atoms with Gasteiger partial charge in [-0.3, -0.25) is 37.6 Å². The molecular weight excluding hydrogens is 308 g/mol. The normalized spacial score (nSPS) is 0.800. The maximum Gasteiger partial charge on any atom is 0.231 e. The first-order chi connectivity index (χ1) is 2.83. The fraction of sp³-hybridized carbons (Fsp3) is 0.750. The fourth-order valence-corrected chi connectivity index (χ4v) is 0. The van der Waals surface area contributed by atoms with E-state index in [0.717, 1.165) is 12.2 Å². The minimum Gasteiger partial charge on any atom is -0.269 e. The summed E-state index contributed by atoms with van der Waals surface area (Å²) < 4.78 is 0. The van der Waals surface area contributed by atoms with Crippen LogP contribution in [-0.2, 0) is 9.59 Å². The number of rotatable bonds is 0. The van der Waals surface area contributed by atoms with Gasteiger partial charge >= 0.3 is 0 Å². The topological polar surface area (TPSA) is 81.8 Å². The van der Waals surface area contributed by atoms with Gasteiger partial charge in [0.2, 0.25) is 12.2 Å². The maximum atomic E-state index is 8.35. The number of carbonyl (C=O) groups excluding carboxylic acids is 2. The number of isocyanates is 2. The average Bonchev–Trinajstić information content (AvgIpc) is 1.39. The Balaban J connectivity index is -0.000000000672. The third-order valence-electron chi connectivity index (χ3n) is 0. The zero-order chi connectivity index (χ0) is 5.41. The molecule has 0 heterocycles. The molecule has 0 aromatic heterocycles. The summed E-state index contributed by atoms with van der Waals surface area (Å²) in [5.41, 5.74) is 0. The molecule has 0 bridgehead atoms. The van der Waals surface area contributed by atoms with E-state index in [0.29, 0.717) is 0 Å². The summed E-state index contributed by atoms with van der Waals surface area (Å²) in [5, 5.41) is 10.8. The molecule has 0 saturated heterocycles. The maximum absolute atomic E-state index is 8.35. The van der Waals surface area contributed by atoms with Gasteiger partial charge in [0.25, 0.3) is 0 Å². The molecule has 0 amide bonds. The first-order valence-electron chi connectivity index (χ1n) is 0.908. The van der Waals surface area contributed by atoms with E-state index in [2.05, 4.69) is 0 Å². The highest BCUT2D eigenvalue weighted by atomic mass is 19.0. The summed E-state index contributed by atoms with van der Waals surface area (Å²) in [6, 6.07) is 0. The molecule has 20 heavy (non-hydrogen) atoms. The lowest BCUT2D eigenvalue weighted by molar-refractivity contribution is 0.562. The molecule has 0 fully saturated rings. The Kier molecular flexibility index (Phi) is 6280000. The van der Waals surface area contributed by atoms with E-state index < -0.39 is 0 Å². The van der Waals surface area contributed by atoms with Crippen LogP contribution >= 0.6 is 0 Å². The molecule has 0 radical (unpaired) electrons. The van der Waals surface area contributed by atoms with Crippen molar-refractivity contribution in [3.8, 4) is 0 Å². The van der Waals surface area contributed by atoms with Crippen LogP contribution in [-0.4, -0.2) is 12.2 Å². The molecule has 0 aromatic carbocycles. The first kappa shape index (κ1) is 1110. The monoisotopic (exact) mass is 342 g/mol. The van der Waals surface area contributed by atoms with Gasteiger partial charge in [0, 0.05) is 0 Å². The van der Waals surface area contributed by atoms with Gasteiger partial charge in [-0.15, -0.1) is 0 Å². The van der Waals surface area contributed by atoms with Crippen molar-refractivity contribution in [2.75, 3.05) is 0 Å². The van der Waals surface area contributed by atoms with Crippen LogP contribution in [0, 0.1) is 10.8 Å². The second kappa shape index (κ2) is 113000. The van der Waals surface area contributed by atoms with Crippen molar-refractivity contribution in [1.82, 2.24) is 0 Å². The van der Waals surface area contributed by atoms with E-state index in [1.807, 2.05) is 0 Å². The smallest absolute Gasteiger partial charge is 0.231 e. The fourth-order valence-electron chi connectivity index (χ4n) is 0. The van der Waals surface area contributed by atoms with Gasteiger partial charge < -0.3 is 0 Å². The Morgan fingerprint density at radius 3 is 0.400 bits per heavy atom. The third kappa shape index (κ3) is 1160. The van der Waals surface area contributed by atoms with Crippen LogP contribution in [0.4, 0.5) is 37.6 Å². The number of hydrogen-bond acceptors (Lipinski definition) is 4. The minimum absolute atomic E-state index is 0. The molecular formula is C8H34F8N2O2. The quantitative estimate of drug-likeness (QED) is 0.375. The van der Waals surface area contributed by atoms with Crippen molar-refractivity contribution < 1.29 is 47.2 Å². The largest absolute Gasteiger partial charge is 0.269 e. The molecule has 2 N–H and O–H groups in total. The minimum atomic E-state index is 0. The zero-order valence-corrected chi connectivity index (χ0v) is 6.08. The number of halogens is 8. The van der Waals surface area contributed by atoms with Crippen molar-refractivity contribution in [2.24, 2.45) is 0 Å². The van der Waals surface area contributed by atoms with Gasteiger partial charge in [-0.25, -0.2) is 20.4 Å². The highest BCUT2D eigenvalue weighted by molar-refractivity contribution is 5.26. The Hall–Kier alpha value is -1.80. The lowest BCUT2D eigenvalue weighted by atomic mass is 11.7. The number of nitrogens with one attached hydrogen (secondary N) is 2. The summed E-state index contributed by atoms with van der Waals surface area (Å²) in [7, 11) is 0. The van der Waals surface area contributed by atoms with Crippen LogP contribution in [0.25, 0.3) is 0 Å². The molecule has 0 aliphatic carbocycles. The van der Waals surface area contributed by atoms with E-state index in [9.17, 15) is 0 Å². The van der Waals surface area contributed by atoms with Crippen molar-refractivity contribution in [2.45, 2.75) is 44.6 Å². The van der Waals surface area contributed by atoms with Gasteiger partial charge in [-0.1, -0.05) is 44.6 Å². The van der Waals surface area contributed by atoms with Gasteiger partial charge in [-0.2, -0.15) is 0 Å². The van der Waals surface area contributed by atoms with Crippen LogP contribution in [0.1, 0.15) is 44.6 Å². The van der Waals surface area contributed by atoms with Crippen LogP contribution in [0.3, 0.4) is 0 Å². The van der Waals surface area contributed by atoms with E-state index >= 15 is 0 Å². The van der Waals surface area contributed by atoms with Gasteiger partial charge in [0.15, 0.2) is 0 Å². The second-order valence-electron chi connectivity index (χ2n) is 0.204. The molecule has 0 aliphatic heterocycles. The van der Waals surface area contributed by atoms with Crippen molar-refractivity contribution in [3.63, 3.8) is 0 Å². The van der Waals surface area contributed by atoms with E-state index in [1.165, 1.54) is 0 Å². The lowest BCUT2D eigenvalue weighted by Crippen LogP contribution is -1.16. The molecule has 4 nitrogen and oxygen atoms in total. The Morgan fingerprint density at radius 1 is 0.400 bits per heavy atom. The highest BCUT2D eigenvalue weighted by Crippen LogP contribution is 0.871. The molecule has 0 aromatic rings. The number of hydrogen-bond donors (Lipinski definition) is 2.